The Bertz CT molecular complexity index is 281. The lowest BCUT2D eigenvalue weighted by Gasteiger charge is -2.20. The summed E-state index contributed by atoms with van der Waals surface area (Å²) in [5.74, 6) is 0.863. The number of rotatable bonds is 3. The summed E-state index contributed by atoms with van der Waals surface area (Å²) in [6, 6.07) is 0. The third-order valence-electron chi connectivity index (χ3n) is 2.39. The highest BCUT2D eigenvalue weighted by molar-refractivity contribution is 8.01. The molecule has 5 heteroatoms. The molecule has 0 bridgehead atoms. The number of hydrogen-bond acceptors (Lipinski definition) is 5. The fraction of sp³-hybridized carbons (Fsp3) is 0.778. The minimum atomic E-state index is 0.771. The molecule has 0 saturated heterocycles. The maximum absolute atomic E-state index is 4.27. The maximum atomic E-state index is 4.27. The van der Waals surface area contributed by atoms with Crippen LogP contribution >= 0.6 is 23.5 Å². The van der Waals surface area contributed by atoms with Gasteiger partial charge in [0.2, 0.25) is 5.13 Å². The summed E-state index contributed by atoms with van der Waals surface area (Å²) in [5, 5.41) is 1.71. The van der Waals surface area contributed by atoms with Gasteiger partial charge in [0.15, 0.2) is 0 Å². The number of aromatic nitrogens is 2. The first-order valence-corrected chi connectivity index (χ1v) is 6.72. The van der Waals surface area contributed by atoms with Gasteiger partial charge in [0.25, 0.3) is 0 Å². The monoisotopic (exact) mass is 229 g/mol. The van der Waals surface area contributed by atoms with E-state index in [-0.39, 0.29) is 0 Å². The number of aryl methyl sites for hydroxylation is 1. The van der Waals surface area contributed by atoms with E-state index in [4.69, 9.17) is 0 Å². The van der Waals surface area contributed by atoms with Crippen LogP contribution in [-0.4, -0.2) is 14.6 Å². The average molecular weight is 229 g/mol. The molecule has 0 aromatic carbocycles. The molecule has 2 rings (SSSR count). The average Bonchev–Trinajstić information content (AvgIpc) is 2.63. The minimum absolute atomic E-state index is 0.771. The van der Waals surface area contributed by atoms with E-state index in [1.807, 2.05) is 18.9 Å². The number of nitrogens with zero attached hydrogens (tertiary/aromatic N) is 2. The van der Waals surface area contributed by atoms with E-state index < -0.39 is 0 Å². The third kappa shape index (κ3) is 2.85. The highest BCUT2D eigenvalue weighted by Gasteiger charge is 2.14. The molecule has 0 atom stereocenters. The van der Waals surface area contributed by atoms with E-state index in [9.17, 15) is 0 Å². The molecule has 3 nitrogen and oxygen atoms in total. The SMILES string of the molecule is Cc1nsc(NSC2CCCCC2)n1. The topological polar surface area (TPSA) is 37.8 Å². The molecular weight excluding hydrogens is 214 g/mol. The van der Waals surface area contributed by atoms with Crippen molar-refractivity contribution in [3.63, 3.8) is 0 Å². The van der Waals surface area contributed by atoms with Gasteiger partial charge < -0.3 is 4.72 Å². The van der Waals surface area contributed by atoms with Crippen LogP contribution in [0.1, 0.15) is 37.9 Å². The second-order valence-electron chi connectivity index (χ2n) is 3.63. The Hall–Kier alpha value is -0.290. The van der Waals surface area contributed by atoms with E-state index in [2.05, 4.69) is 14.1 Å². The first-order valence-electron chi connectivity index (χ1n) is 5.06. The number of hydrogen-bond donors (Lipinski definition) is 1. The fourth-order valence-electron chi connectivity index (χ4n) is 1.66. The highest BCUT2D eigenvalue weighted by atomic mass is 32.2. The summed E-state index contributed by atoms with van der Waals surface area (Å²) in [4.78, 5) is 4.27. The molecule has 78 valence electrons. The van der Waals surface area contributed by atoms with Gasteiger partial charge in [-0.2, -0.15) is 4.37 Å². The molecule has 1 aromatic heterocycles. The molecule has 1 aliphatic rings. The lowest BCUT2D eigenvalue weighted by atomic mass is 10.0. The molecule has 1 fully saturated rings. The molecule has 0 radical (unpaired) electrons. The summed E-state index contributed by atoms with van der Waals surface area (Å²) in [7, 11) is 0. The normalized spacial score (nSPS) is 18.4. The Morgan fingerprint density at radius 2 is 2.14 bits per heavy atom. The summed E-state index contributed by atoms with van der Waals surface area (Å²) in [5.41, 5.74) is 0. The minimum Gasteiger partial charge on any atom is -0.304 e. The molecule has 1 saturated carbocycles. The first-order chi connectivity index (χ1) is 6.84. The quantitative estimate of drug-likeness (QED) is 0.807. The van der Waals surface area contributed by atoms with E-state index in [0.29, 0.717) is 0 Å². The molecular formula is C9H15N3S2. The molecule has 1 heterocycles. The van der Waals surface area contributed by atoms with E-state index in [1.54, 1.807) is 0 Å². The van der Waals surface area contributed by atoms with Crippen LogP contribution in [0, 0.1) is 6.92 Å². The summed E-state index contributed by atoms with van der Waals surface area (Å²) in [6.45, 7) is 1.92. The second-order valence-corrected chi connectivity index (χ2v) is 5.49. The Balaban J connectivity index is 1.76. The Morgan fingerprint density at radius 3 is 2.79 bits per heavy atom. The van der Waals surface area contributed by atoms with Gasteiger partial charge in [0, 0.05) is 16.8 Å². The van der Waals surface area contributed by atoms with Gasteiger partial charge in [-0.1, -0.05) is 19.3 Å². The van der Waals surface area contributed by atoms with Crippen LogP contribution in [0.4, 0.5) is 5.13 Å². The molecule has 1 N–H and O–H groups in total. The zero-order valence-corrected chi connectivity index (χ0v) is 9.96. The van der Waals surface area contributed by atoms with Crippen molar-refractivity contribution in [1.82, 2.24) is 9.36 Å². The number of nitrogens with one attached hydrogen (secondary N) is 1. The van der Waals surface area contributed by atoms with Crippen molar-refractivity contribution in [2.45, 2.75) is 44.3 Å². The van der Waals surface area contributed by atoms with Gasteiger partial charge in [0.1, 0.15) is 5.82 Å². The lowest BCUT2D eigenvalue weighted by molar-refractivity contribution is 0.516. The second kappa shape index (κ2) is 4.98. The molecule has 1 aromatic rings. The molecule has 0 aliphatic heterocycles. The zero-order chi connectivity index (χ0) is 9.80. The molecule has 0 unspecified atom stereocenters. The summed E-state index contributed by atoms with van der Waals surface area (Å²) in [6.07, 6.45) is 6.86. The Kier molecular flexibility index (Phi) is 3.64. The van der Waals surface area contributed by atoms with Gasteiger partial charge in [0.05, 0.1) is 0 Å². The van der Waals surface area contributed by atoms with Crippen molar-refractivity contribution >= 4 is 28.6 Å². The van der Waals surface area contributed by atoms with Crippen molar-refractivity contribution in [1.29, 1.82) is 0 Å². The predicted molar refractivity (Wildman–Crippen MR) is 62.7 cm³/mol. The predicted octanol–water partition coefficient (Wildman–Crippen LogP) is 3.24. The van der Waals surface area contributed by atoms with Crippen LogP contribution < -0.4 is 4.72 Å². The molecule has 14 heavy (non-hydrogen) atoms. The smallest absolute Gasteiger partial charge is 0.212 e. The molecule has 0 amide bonds. The van der Waals surface area contributed by atoms with Crippen LogP contribution in [-0.2, 0) is 0 Å². The van der Waals surface area contributed by atoms with Gasteiger partial charge >= 0.3 is 0 Å². The first kappa shape index (κ1) is 10.2. The van der Waals surface area contributed by atoms with Gasteiger partial charge in [-0.15, -0.1) is 0 Å². The number of anilines is 1. The Labute approximate surface area is 93.0 Å². The molecule has 0 spiro atoms. The van der Waals surface area contributed by atoms with Crippen LogP contribution in [0.5, 0.6) is 0 Å². The van der Waals surface area contributed by atoms with Crippen LogP contribution in [0.3, 0.4) is 0 Å². The maximum Gasteiger partial charge on any atom is 0.212 e. The van der Waals surface area contributed by atoms with Crippen LogP contribution in [0.15, 0.2) is 0 Å². The van der Waals surface area contributed by atoms with Crippen molar-refractivity contribution in [3.05, 3.63) is 5.82 Å². The van der Waals surface area contributed by atoms with E-state index >= 15 is 0 Å². The highest BCUT2D eigenvalue weighted by Crippen LogP contribution is 2.29. The third-order valence-corrected chi connectivity index (χ3v) is 4.36. The van der Waals surface area contributed by atoms with Crippen LogP contribution in [0.2, 0.25) is 0 Å². The van der Waals surface area contributed by atoms with Gasteiger partial charge in [-0.3, -0.25) is 0 Å². The summed E-state index contributed by atoms with van der Waals surface area (Å²) >= 11 is 3.27. The van der Waals surface area contributed by atoms with E-state index in [1.165, 1.54) is 43.6 Å². The largest absolute Gasteiger partial charge is 0.304 e. The van der Waals surface area contributed by atoms with Crippen LogP contribution in [0.25, 0.3) is 0 Å². The van der Waals surface area contributed by atoms with Crippen molar-refractivity contribution in [3.8, 4) is 0 Å². The molecule has 1 aliphatic carbocycles. The van der Waals surface area contributed by atoms with Gasteiger partial charge in [-0.25, -0.2) is 4.98 Å². The van der Waals surface area contributed by atoms with Crippen molar-refractivity contribution in [2.75, 3.05) is 4.72 Å². The van der Waals surface area contributed by atoms with Gasteiger partial charge in [-0.05, 0) is 31.7 Å². The standard InChI is InChI=1S/C9H15N3S2/c1-7-10-9(14-11-7)12-13-8-5-3-2-4-6-8/h8H,2-6H2,1H3,(H,10,11,12). The fourth-order valence-corrected chi connectivity index (χ4v) is 3.26. The lowest BCUT2D eigenvalue weighted by Crippen LogP contribution is -2.10. The Morgan fingerprint density at radius 1 is 1.36 bits per heavy atom. The van der Waals surface area contributed by atoms with Crippen molar-refractivity contribution < 1.29 is 0 Å². The zero-order valence-electron chi connectivity index (χ0n) is 8.32. The summed E-state index contributed by atoms with van der Waals surface area (Å²) < 4.78 is 7.43. The van der Waals surface area contributed by atoms with Crippen molar-refractivity contribution in [2.24, 2.45) is 0 Å². The van der Waals surface area contributed by atoms with E-state index in [0.717, 1.165) is 16.2 Å².